The third kappa shape index (κ3) is 3.36. The maximum absolute atomic E-state index is 13.3. The highest BCUT2D eigenvalue weighted by molar-refractivity contribution is 7.13. The number of hydrogen-bond acceptors (Lipinski definition) is 2. The molecule has 26 heavy (non-hydrogen) atoms. The summed E-state index contributed by atoms with van der Waals surface area (Å²) in [6.07, 6.45) is 4.42. The van der Waals surface area contributed by atoms with Gasteiger partial charge in [-0.25, -0.2) is 0 Å². The fraction of sp³-hybridized carbons (Fsp3) is 0.208. The van der Waals surface area contributed by atoms with Crippen LogP contribution in [0.5, 0.6) is 0 Å². The molecule has 0 amide bonds. The zero-order valence-corrected chi connectivity index (χ0v) is 15.7. The SMILES string of the molecule is Cc1ccc(C(=O)c2c(C#Cc3ccccc3)sc3c2CCCC3)cc1. The molecule has 1 aliphatic rings. The van der Waals surface area contributed by atoms with Gasteiger partial charge >= 0.3 is 0 Å². The molecule has 0 radical (unpaired) electrons. The van der Waals surface area contributed by atoms with Crippen molar-refractivity contribution in [1.82, 2.24) is 0 Å². The Morgan fingerprint density at radius 1 is 0.923 bits per heavy atom. The molecule has 0 saturated heterocycles. The van der Waals surface area contributed by atoms with Crippen LogP contribution in [0, 0.1) is 18.8 Å². The van der Waals surface area contributed by atoms with E-state index in [-0.39, 0.29) is 5.78 Å². The van der Waals surface area contributed by atoms with Gasteiger partial charge < -0.3 is 0 Å². The van der Waals surface area contributed by atoms with Crippen molar-refractivity contribution in [2.24, 2.45) is 0 Å². The molecule has 2 aromatic carbocycles. The lowest BCUT2D eigenvalue weighted by Gasteiger charge is -2.12. The molecule has 0 atom stereocenters. The number of ketones is 1. The van der Waals surface area contributed by atoms with Gasteiger partial charge in [-0.3, -0.25) is 4.79 Å². The number of fused-ring (bicyclic) bond motifs is 1. The molecule has 1 heterocycles. The summed E-state index contributed by atoms with van der Waals surface area (Å²) in [6, 6.07) is 17.8. The fourth-order valence-corrected chi connectivity index (χ4v) is 4.63. The minimum Gasteiger partial charge on any atom is -0.289 e. The van der Waals surface area contributed by atoms with Crippen LogP contribution in [-0.4, -0.2) is 5.78 Å². The smallest absolute Gasteiger partial charge is 0.195 e. The quantitative estimate of drug-likeness (QED) is 0.433. The van der Waals surface area contributed by atoms with Gasteiger partial charge in [-0.2, -0.15) is 0 Å². The number of thiophene rings is 1. The van der Waals surface area contributed by atoms with E-state index in [0.717, 1.165) is 46.4 Å². The summed E-state index contributed by atoms with van der Waals surface area (Å²) in [4.78, 5) is 15.5. The van der Waals surface area contributed by atoms with Gasteiger partial charge in [0.15, 0.2) is 5.78 Å². The molecule has 0 N–H and O–H groups in total. The number of hydrogen-bond donors (Lipinski definition) is 0. The van der Waals surface area contributed by atoms with Crippen LogP contribution in [0.15, 0.2) is 54.6 Å². The fourth-order valence-electron chi connectivity index (χ4n) is 3.39. The van der Waals surface area contributed by atoms with Crippen LogP contribution in [0.1, 0.15) is 55.2 Å². The number of benzene rings is 2. The summed E-state index contributed by atoms with van der Waals surface area (Å²) in [6.45, 7) is 2.04. The number of aryl methyl sites for hydroxylation is 2. The van der Waals surface area contributed by atoms with Crippen LogP contribution in [0.2, 0.25) is 0 Å². The van der Waals surface area contributed by atoms with E-state index in [9.17, 15) is 4.79 Å². The molecule has 0 spiro atoms. The summed E-state index contributed by atoms with van der Waals surface area (Å²) in [5, 5.41) is 0. The Balaban J connectivity index is 1.79. The van der Waals surface area contributed by atoms with Gasteiger partial charge in [0.2, 0.25) is 0 Å². The third-order valence-corrected chi connectivity index (χ3v) is 6.01. The van der Waals surface area contributed by atoms with E-state index in [4.69, 9.17) is 0 Å². The van der Waals surface area contributed by atoms with Crippen molar-refractivity contribution in [1.29, 1.82) is 0 Å². The zero-order chi connectivity index (χ0) is 17.9. The monoisotopic (exact) mass is 356 g/mol. The minimum atomic E-state index is 0.113. The van der Waals surface area contributed by atoms with Crippen molar-refractivity contribution < 1.29 is 4.79 Å². The maximum atomic E-state index is 13.3. The normalized spacial score (nSPS) is 12.8. The van der Waals surface area contributed by atoms with E-state index in [1.165, 1.54) is 16.9 Å². The molecule has 1 aromatic heterocycles. The maximum Gasteiger partial charge on any atom is 0.195 e. The van der Waals surface area contributed by atoms with E-state index in [1.807, 2.05) is 61.5 Å². The van der Waals surface area contributed by atoms with Crippen LogP contribution in [0.3, 0.4) is 0 Å². The van der Waals surface area contributed by atoms with Crippen molar-refractivity contribution in [2.75, 3.05) is 0 Å². The molecule has 0 saturated carbocycles. The zero-order valence-electron chi connectivity index (χ0n) is 14.8. The topological polar surface area (TPSA) is 17.1 Å². The Morgan fingerprint density at radius 2 is 1.65 bits per heavy atom. The Bertz CT molecular complexity index is 998. The first-order valence-electron chi connectivity index (χ1n) is 9.05. The van der Waals surface area contributed by atoms with Crippen molar-refractivity contribution >= 4 is 17.1 Å². The molecular formula is C24H20OS. The average Bonchev–Trinajstić information content (AvgIpc) is 3.05. The Morgan fingerprint density at radius 3 is 2.42 bits per heavy atom. The standard InChI is InChI=1S/C24H20OS/c1-17-11-14-19(15-12-17)24(25)23-20-9-5-6-10-21(20)26-22(23)16-13-18-7-3-2-4-8-18/h2-4,7-8,11-12,14-15H,5-6,9-10H2,1H3. The second-order valence-corrected chi connectivity index (χ2v) is 7.83. The van der Waals surface area contributed by atoms with Crippen molar-refractivity contribution in [3.05, 3.63) is 92.2 Å². The Labute approximate surface area is 158 Å². The Hall–Kier alpha value is -2.63. The second kappa shape index (κ2) is 7.32. The number of rotatable bonds is 2. The van der Waals surface area contributed by atoms with Gasteiger partial charge in [0, 0.05) is 16.0 Å². The van der Waals surface area contributed by atoms with Crippen LogP contribution in [0.4, 0.5) is 0 Å². The van der Waals surface area contributed by atoms with Gasteiger partial charge in [0.25, 0.3) is 0 Å². The summed E-state index contributed by atoms with van der Waals surface area (Å²) in [7, 11) is 0. The van der Waals surface area contributed by atoms with Crippen molar-refractivity contribution in [3.8, 4) is 11.8 Å². The van der Waals surface area contributed by atoms with Gasteiger partial charge in [0.05, 0.1) is 10.4 Å². The van der Waals surface area contributed by atoms with E-state index in [0.29, 0.717) is 0 Å². The summed E-state index contributed by atoms with van der Waals surface area (Å²) in [5.74, 6) is 6.64. The number of carbonyl (C=O) groups is 1. The van der Waals surface area contributed by atoms with E-state index < -0.39 is 0 Å². The average molecular weight is 356 g/mol. The van der Waals surface area contributed by atoms with Crippen LogP contribution >= 0.6 is 11.3 Å². The molecular weight excluding hydrogens is 336 g/mol. The van der Waals surface area contributed by atoms with Crippen LogP contribution < -0.4 is 0 Å². The van der Waals surface area contributed by atoms with Crippen LogP contribution in [0.25, 0.3) is 0 Å². The molecule has 128 valence electrons. The second-order valence-electron chi connectivity index (χ2n) is 6.73. The molecule has 1 nitrogen and oxygen atoms in total. The number of carbonyl (C=O) groups excluding carboxylic acids is 1. The lowest BCUT2D eigenvalue weighted by molar-refractivity contribution is 0.103. The molecule has 3 aromatic rings. The summed E-state index contributed by atoms with van der Waals surface area (Å²) < 4.78 is 0. The first-order chi connectivity index (χ1) is 12.7. The highest BCUT2D eigenvalue weighted by Crippen LogP contribution is 2.35. The molecule has 0 aliphatic heterocycles. The third-order valence-electron chi connectivity index (χ3n) is 4.81. The summed E-state index contributed by atoms with van der Waals surface area (Å²) >= 11 is 1.71. The Kier molecular flexibility index (Phi) is 4.73. The van der Waals surface area contributed by atoms with Gasteiger partial charge in [-0.05, 0) is 56.2 Å². The van der Waals surface area contributed by atoms with Gasteiger partial charge in [0.1, 0.15) is 0 Å². The molecule has 4 rings (SSSR count). The first kappa shape index (κ1) is 16.8. The molecule has 0 bridgehead atoms. The van der Waals surface area contributed by atoms with E-state index >= 15 is 0 Å². The highest BCUT2D eigenvalue weighted by Gasteiger charge is 2.25. The lowest BCUT2D eigenvalue weighted by atomic mass is 9.91. The largest absolute Gasteiger partial charge is 0.289 e. The first-order valence-corrected chi connectivity index (χ1v) is 9.87. The predicted octanol–water partition coefficient (Wildman–Crippen LogP) is 5.57. The summed E-state index contributed by atoms with van der Waals surface area (Å²) in [5.41, 5.74) is 4.98. The highest BCUT2D eigenvalue weighted by atomic mass is 32.1. The molecule has 0 unspecified atom stereocenters. The van der Waals surface area contributed by atoms with E-state index in [2.05, 4.69) is 11.8 Å². The molecule has 0 fully saturated rings. The predicted molar refractivity (Wildman–Crippen MR) is 108 cm³/mol. The minimum absolute atomic E-state index is 0.113. The van der Waals surface area contributed by atoms with Gasteiger partial charge in [-0.15, -0.1) is 11.3 Å². The van der Waals surface area contributed by atoms with Crippen LogP contribution in [-0.2, 0) is 12.8 Å². The molecule has 2 heteroatoms. The lowest BCUT2D eigenvalue weighted by Crippen LogP contribution is -2.08. The molecule has 1 aliphatic carbocycles. The van der Waals surface area contributed by atoms with Crippen molar-refractivity contribution in [3.63, 3.8) is 0 Å². The van der Waals surface area contributed by atoms with Gasteiger partial charge in [-0.1, -0.05) is 53.9 Å². The van der Waals surface area contributed by atoms with E-state index in [1.54, 1.807) is 11.3 Å². The van der Waals surface area contributed by atoms with Crippen molar-refractivity contribution in [2.45, 2.75) is 32.6 Å².